The molecule has 0 atom stereocenters. The molecule has 0 saturated heterocycles. The van der Waals surface area contributed by atoms with E-state index in [1.165, 1.54) is 28.7 Å². The first-order valence-electron chi connectivity index (χ1n) is 16.4. The van der Waals surface area contributed by atoms with Gasteiger partial charge in [0.25, 0.3) is 0 Å². The standard InChI is InChI=1S/C40H25F3N2O6S2/c1-16-6-8-18-20(10-16)30(46)32(48)22(18)14-28-44-36-34(52-28)24-12-27-25(13-26(24)38(2,3)50-36)35-37(51-39(27,4)5)45-29(53-35)15-23-19-9-7-17(40(41,42)43)11-21(19)31(47)33(23)49/h6-15H,1-5H3/b22-14-,23-15-. The number of nitrogens with zero attached hydrogens (tertiary/aromatic N) is 2. The van der Waals surface area contributed by atoms with Gasteiger partial charge in [-0.1, -0.05) is 23.8 Å². The number of carbonyl (C=O) groups is 4. The Morgan fingerprint density at radius 2 is 1.06 bits per heavy atom. The molecule has 4 aliphatic rings. The molecule has 53 heavy (non-hydrogen) atoms. The van der Waals surface area contributed by atoms with Crippen LogP contribution in [0.5, 0.6) is 11.8 Å². The van der Waals surface area contributed by atoms with Crippen molar-refractivity contribution in [3.63, 3.8) is 0 Å². The number of alkyl halides is 3. The van der Waals surface area contributed by atoms with Gasteiger partial charge < -0.3 is 9.47 Å². The third kappa shape index (κ3) is 4.93. The van der Waals surface area contributed by atoms with E-state index in [-0.39, 0.29) is 22.3 Å². The predicted molar refractivity (Wildman–Crippen MR) is 193 cm³/mol. The molecule has 2 aliphatic carbocycles. The van der Waals surface area contributed by atoms with Crippen molar-refractivity contribution in [2.24, 2.45) is 0 Å². The SMILES string of the molecule is Cc1ccc2c(c1)C(=O)C(=O)/C2=C\c1nc2c(s1)-c1cc3c(cc1C(C)(C)O2)-c1sc(/C=C2\C(=O)C(=O)c4cc(C(F)(F)F)ccc42)nc1OC3(C)C. The van der Waals surface area contributed by atoms with Gasteiger partial charge in [-0.3, -0.25) is 19.2 Å². The Bertz CT molecular complexity index is 2660. The number of hydrogen-bond donors (Lipinski definition) is 0. The zero-order chi connectivity index (χ0) is 37.5. The highest BCUT2D eigenvalue weighted by molar-refractivity contribution is 7.17. The number of Topliss-reactive ketones (excluding diaryl/α,β-unsaturated/α-hetero) is 4. The van der Waals surface area contributed by atoms with Crippen LogP contribution in [-0.2, 0) is 27.0 Å². The van der Waals surface area contributed by atoms with Gasteiger partial charge in [-0.25, -0.2) is 9.97 Å². The van der Waals surface area contributed by atoms with E-state index in [0.29, 0.717) is 43.8 Å². The Hall–Kier alpha value is -5.53. The van der Waals surface area contributed by atoms with Crippen LogP contribution in [0.15, 0.2) is 48.5 Å². The van der Waals surface area contributed by atoms with Gasteiger partial charge in [-0.2, -0.15) is 13.2 Å². The molecule has 0 spiro atoms. The molecular formula is C40H25F3N2O6S2. The number of ketones is 4. The molecule has 4 heterocycles. The molecule has 9 rings (SSSR count). The third-order valence-electron chi connectivity index (χ3n) is 9.90. The predicted octanol–water partition coefficient (Wildman–Crippen LogP) is 9.13. The number of ether oxygens (including phenoxy) is 2. The number of aromatic nitrogens is 2. The summed E-state index contributed by atoms with van der Waals surface area (Å²) >= 11 is 2.58. The molecule has 0 unspecified atom stereocenters. The first-order valence-corrected chi connectivity index (χ1v) is 18.1. The largest absolute Gasteiger partial charge is 0.466 e. The van der Waals surface area contributed by atoms with Crippen molar-refractivity contribution in [2.45, 2.75) is 52.0 Å². The summed E-state index contributed by atoms with van der Waals surface area (Å²) in [5.74, 6) is -2.30. The second kappa shape index (κ2) is 10.8. The summed E-state index contributed by atoms with van der Waals surface area (Å²) in [7, 11) is 0. The number of hydrogen-bond acceptors (Lipinski definition) is 10. The van der Waals surface area contributed by atoms with Gasteiger partial charge in [-0.15, -0.1) is 22.7 Å². The lowest BCUT2D eigenvalue weighted by Crippen LogP contribution is -2.32. The highest BCUT2D eigenvalue weighted by atomic mass is 32.1. The van der Waals surface area contributed by atoms with Gasteiger partial charge >= 0.3 is 6.18 Å². The minimum atomic E-state index is -4.67. The number of halogens is 3. The van der Waals surface area contributed by atoms with Crippen LogP contribution in [0.25, 0.3) is 44.2 Å². The van der Waals surface area contributed by atoms with Gasteiger partial charge in [0.15, 0.2) is 0 Å². The minimum absolute atomic E-state index is 0.0324. The van der Waals surface area contributed by atoms with Crippen LogP contribution in [-0.4, -0.2) is 33.1 Å². The Morgan fingerprint density at radius 1 is 0.604 bits per heavy atom. The Balaban J connectivity index is 1.13. The third-order valence-corrected chi connectivity index (χ3v) is 11.9. The summed E-state index contributed by atoms with van der Waals surface area (Å²) in [4.78, 5) is 62.3. The number of allylic oxidation sites excluding steroid dienone is 2. The monoisotopic (exact) mass is 750 g/mol. The van der Waals surface area contributed by atoms with E-state index >= 15 is 0 Å². The molecule has 0 saturated carbocycles. The van der Waals surface area contributed by atoms with Crippen molar-refractivity contribution in [2.75, 3.05) is 0 Å². The van der Waals surface area contributed by atoms with Gasteiger partial charge in [-0.05, 0) is 88.2 Å². The summed E-state index contributed by atoms with van der Waals surface area (Å²) in [5, 5.41) is 0.852. The average Bonchev–Trinajstić information content (AvgIpc) is 3.80. The van der Waals surface area contributed by atoms with Crippen molar-refractivity contribution in [3.8, 4) is 32.6 Å². The Labute approximate surface area is 307 Å². The fourth-order valence-electron chi connectivity index (χ4n) is 7.30. The van der Waals surface area contributed by atoms with Crippen LogP contribution >= 0.6 is 22.7 Å². The molecule has 8 nitrogen and oxygen atoms in total. The van der Waals surface area contributed by atoms with Crippen molar-refractivity contribution < 1.29 is 41.8 Å². The lowest BCUT2D eigenvalue weighted by Gasteiger charge is -2.37. The molecule has 5 aromatic rings. The van der Waals surface area contributed by atoms with Crippen molar-refractivity contribution in [3.05, 3.63) is 103 Å². The number of aryl methyl sites for hydroxylation is 1. The number of carbonyl (C=O) groups excluding carboxylic acids is 4. The number of fused-ring (bicyclic) bond motifs is 8. The maximum absolute atomic E-state index is 13.4. The maximum Gasteiger partial charge on any atom is 0.416 e. The second-order valence-corrected chi connectivity index (χ2v) is 16.3. The molecule has 0 bridgehead atoms. The summed E-state index contributed by atoms with van der Waals surface area (Å²) in [6, 6.07) is 12.1. The summed E-state index contributed by atoms with van der Waals surface area (Å²) in [6.07, 6.45) is -1.60. The highest BCUT2D eigenvalue weighted by Crippen LogP contribution is 2.55. The van der Waals surface area contributed by atoms with E-state index in [1.54, 1.807) is 18.2 Å². The molecule has 0 fully saturated rings. The lowest BCUT2D eigenvalue weighted by atomic mass is 9.81. The normalized spacial score (nSPS) is 19.0. The van der Waals surface area contributed by atoms with E-state index in [4.69, 9.17) is 14.5 Å². The lowest BCUT2D eigenvalue weighted by molar-refractivity contribution is -0.137. The molecule has 2 aromatic heterocycles. The zero-order valence-electron chi connectivity index (χ0n) is 28.6. The van der Waals surface area contributed by atoms with Crippen LogP contribution < -0.4 is 9.47 Å². The molecule has 264 valence electrons. The topological polar surface area (TPSA) is 113 Å². The van der Waals surface area contributed by atoms with E-state index < -0.39 is 46.1 Å². The van der Waals surface area contributed by atoms with Crippen LogP contribution in [0.3, 0.4) is 0 Å². The van der Waals surface area contributed by atoms with E-state index in [9.17, 15) is 32.3 Å². The van der Waals surface area contributed by atoms with Crippen LogP contribution in [0, 0.1) is 6.92 Å². The highest BCUT2D eigenvalue weighted by Gasteiger charge is 2.43. The van der Waals surface area contributed by atoms with Gasteiger partial charge in [0.1, 0.15) is 21.2 Å². The van der Waals surface area contributed by atoms with Crippen LogP contribution in [0.4, 0.5) is 13.2 Å². The van der Waals surface area contributed by atoms with Crippen molar-refractivity contribution >= 4 is 69.1 Å². The van der Waals surface area contributed by atoms with Gasteiger partial charge in [0, 0.05) is 44.5 Å². The molecular weight excluding hydrogens is 726 g/mol. The zero-order valence-corrected chi connectivity index (χ0v) is 30.2. The van der Waals surface area contributed by atoms with E-state index in [1.807, 2.05) is 52.8 Å². The number of rotatable bonds is 2. The minimum Gasteiger partial charge on any atom is -0.466 e. The molecule has 13 heteroatoms. The molecule has 0 radical (unpaired) electrons. The first kappa shape index (κ1) is 33.3. The maximum atomic E-state index is 13.4. The summed E-state index contributed by atoms with van der Waals surface area (Å²) in [6.45, 7) is 9.53. The van der Waals surface area contributed by atoms with Crippen LogP contribution in [0.1, 0.15) is 91.8 Å². The molecule has 3 aromatic carbocycles. The van der Waals surface area contributed by atoms with E-state index in [0.717, 1.165) is 44.8 Å². The quantitative estimate of drug-likeness (QED) is 0.130. The average molecular weight is 751 g/mol. The van der Waals surface area contributed by atoms with E-state index in [2.05, 4.69) is 4.98 Å². The number of thiazole rings is 2. The fourth-order valence-corrected chi connectivity index (χ4v) is 9.24. The number of benzene rings is 3. The fraction of sp³-hybridized carbons (Fsp3) is 0.200. The second-order valence-electron chi connectivity index (χ2n) is 14.3. The van der Waals surface area contributed by atoms with Gasteiger partial charge in [0.2, 0.25) is 34.9 Å². The van der Waals surface area contributed by atoms with Gasteiger partial charge in [0.05, 0.1) is 15.3 Å². The summed E-state index contributed by atoms with van der Waals surface area (Å²) < 4.78 is 52.9. The molecule has 0 N–H and O–H groups in total. The van der Waals surface area contributed by atoms with Crippen LogP contribution in [0.2, 0.25) is 0 Å². The molecule has 0 amide bonds. The van der Waals surface area contributed by atoms with Crippen molar-refractivity contribution in [1.82, 2.24) is 9.97 Å². The Kier molecular flexibility index (Phi) is 6.77. The van der Waals surface area contributed by atoms with Crippen molar-refractivity contribution in [1.29, 1.82) is 0 Å². The first-order chi connectivity index (χ1) is 24.9. The Morgan fingerprint density at radius 3 is 1.53 bits per heavy atom. The summed E-state index contributed by atoms with van der Waals surface area (Å²) in [5.41, 5.74) is 2.62. The smallest absolute Gasteiger partial charge is 0.416 e. The molecule has 2 aliphatic heterocycles.